The number of para-hydroxylation sites is 1. The van der Waals surface area contributed by atoms with Gasteiger partial charge in [0, 0.05) is 6.54 Å². The van der Waals surface area contributed by atoms with E-state index in [0.29, 0.717) is 12.8 Å². The van der Waals surface area contributed by atoms with E-state index in [1.54, 1.807) is 6.92 Å². The Hall–Kier alpha value is -1.61. The molecule has 1 aromatic carbocycles. The number of benzene rings is 1. The highest BCUT2D eigenvalue weighted by Crippen LogP contribution is 2.34. The van der Waals surface area contributed by atoms with Gasteiger partial charge >= 0.3 is 6.18 Å². The maximum absolute atomic E-state index is 12.9. The van der Waals surface area contributed by atoms with E-state index < -0.39 is 39.9 Å². The Morgan fingerprint density at radius 1 is 1.21 bits per heavy atom. The van der Waals surface area contributed by atoms with Crippen LogP contribution in [0.1, 0.15) is 32.3 Å². The lowest BCUT2D eigenvalue weighted by atomic mass is 10.1. The number of anilines is 1. The number of unbranched alkanes of at least 4 members (excludes halogenated alkanes) is 1. The molecule has 0 aliphatic carbocycles. The minimum absolute atomic E-state index is 0.0698. The highest BCUT2D eigenvalue weighted by molar-refractivity contribution is 7.89. The van der Waals surface area contributed by atoms with Crippen molar-refractivity contribution in [1.29, 1.82) is 0 Å². The summed E-state index contributed by atoms with van der Waals surface area (Å²) in [7, 11) is -3.61. The number of likely N-dealkylation sites (N-methyl/N-ethyl adjacent to an activating group) is 1. The highest BCUT2D eigenvalue weighted by atomic mass is 32.2. The van der Waals surface area contributed by atoms with Gasteiger partial charge in [0.15, 0.2) is 0 Å². The number of rotatable bonds is 8. The third kappa shape index (κ3) is 5.79. The van der Waals surface area contributed by atoms with Crippen LogP contribution >= 0.6 is 0 Å². The number of sulfonamides is 1. The number of alkyl halides is 3. The molecule has 0 heterocycles. The van der Waals surface area contributed by atoms with Crippen LogP contribution in [-0.2, 0) is 21.0 Å². The molecule has 136 valence electrons. The number of carbonyl (C=O) groups excluding carboxylic acids is 1. The van der Waals surface area contributed by atoms with Crippen LogP contribution in [0, 0.1) is 0 Å². The second-order valence-electron chi connectivity index (χ2n) is 5.19. The second-order valence-corrected chi connectivity index (χ2v) is 7.28. The fourth-order valence-electron chi connectivity index (χ4n) is 2.05. The van der Waals surface area contributed by atoms with Crippen LogP contribution in [0.4, 0.5) is 18.9 Å². The van der Waals surface area contributed by atoms with Crippen molar-refractivity contribution in [2.24, 2.45) is 0 Å². The van der Waals surface area contributed by atoms with Crippen LogP contribution in [0.5, 0.6) is 0 Å². The molecule has 0 aliphatic heterocycles. The van der Waals surface area contributed by atoms with Gasteiger partial charge in [-0.25, -0.2) is 8.42 Å². The summed E-state index contributed by atoms with van der Waals surface area (Å²) in [4.78, 5) is 12.0. The van der Waals surface area contributed by atoms with E-state index >= 15 is 0 Å². The molecule has 1 rings (SSSR count). The first-order valence-electron chi connectivity index (χ1n) is 7.55. The van der Waals surface area contributed by atoms with Crippen LogP contribution in [0.15, 0.2) is 24.3 Å². The van der Waals surface area contributed by atoms with E-state index in [9.17, 15) is 26.4 Å². The number of halogens is 3. The summed E-state index contributed by atoms with van der Waals surface area (Å²) in [5, 5.41) is 2.15. The largest absolute Gasteiger partial charge is 0.418 e. The Morgan fingerprint density at radius 3 is 2.38 bits per heavy atom. The molecule has 24 heavy (non-hydrogen) atoms. The summed E-state index contributed by atoms with van der Waals surface area (Å²) >= 11 is 0. The number of hydrogen-bond acceptors (Lipinski definition) is 3. The Morgan fingerprint density at radius 2 is 1.83 bits per heavy atom. The Balaban J connectivity index is 2.86. The van der Waals surface area contributed by atoms with Crippen LogP contribution < -0.4 is 5.32 Å². The molecule has 0 aliphatic rings. The molecule has 0 saturated heterocycles. The van der Waals surface area contributed by atoms with Crippen LogP contribution in [0.3, 0.4) is 0 Å². The summed E-state index contributed by atoms with van der Waals surface area (Å²) in [6, 6.07) is 4.56. The molecule has 0 radical (unpaired) electrons. The predicted octanol–water partition coefficient (Wildman–Crippen LogP) is 3.10. The van der Waals surface area contributed by atoms with Crippen molar-refractivity contribution in [3.05, 3.63) is 29.8 Å². The van der Waals surface area contributed by atoms with E-state index in [0.717, 1.165) is 16.4 Å². The molecule has 0 atom stereocenters. The molecule has 0 spiro atoms. The quantitative estimate of drug-likeness (QED) is 0.769. The average molecular weight is 366 g/mol. The van der Waals surface area contributed by atoms with Gasteiger partial charge in [0.25, 0.3) is 0 Å². The van der Waals surface area contributed by atoms with Gasteiger partial charge in [-0.05, 0) is 18.6 Å². The molecule has 0 saturated carbocycles. The van der Waals surface area contributed by atoms with Crippen molar-refractivity contribution < 1.29 is 26.4 Å². The normalized spacial score (nSPS) is 12.4. The molecule has 0 fully saturated rings. The van der Waals surface area contributed by atoms with E-state index in [4.69, 9.17) is 0 Å². The minimum Gasteiger partial charge on any atom is -0.324 e. The lowest BCUT2D eigenvalue weighted by molar-refractivity contribution is -0.137. The molecule has 0 unspecified atom stereocenters. The highest BCUT2D eigenvalue weighted by Gasteiger charge is 2.33. The predicted molar refractivity (Wildman–Crippen MR) is 86.0 cm³/mol. The number of nitrogens with zero attached hydrogens (tertiary/aromatic N) is 1. The van der Waals surface area contributed by atoms with Gasteiger partial charge < -0.3 is 5.32 Å². The fourth-order valence-corrected chi connectivity index (χ4v) is 3.67. The Kier molecular flexibility index (Phi) is 7.22. The number of nitrogens with one attached hydrogen (secondary N) is 1. The van der Waals surface area contributed by atoms with Gasteiger partial charge in [-0.3, -0.25) is 4.79 Å². The van der Waals surface area contributed by atoms with E-state index in [1.807, 2.05) is 6.92 Å². The number of carbonyl (C=O) groups is 1. The van der Waals surface area contributed by atoms with Gasteiger partial charge in [0.05, 0.1) is 23.5 Å². The van der Waals surface area contributed by atoms with E-state index in [1.165, 1.54) is 12.1 Å². The Bertz CT molecular complexity index is 660. The molecular weight excluding hydrogens is 345 g/mol. The van der Waals surface area contributed by atoms with Gasteiger partial charge in [-0.2, -0.15) is 17.5 Å². The van der Waals surface area contributed by atoms with Crippen molar-refractivity contribution in [3.63, 3.8) is 0 Å². The minimum atomic E-state index is -4.61. The van der Waals surface area contributed by atoms with Crippen LogP contribution in [-0.4, -0.2) is 37.5 Å². The van der Waals surface area contributed by atoms with Crippen molar-refractivity contribution in [3.8, 4) is 0 Å². The standard InChI is InChI=1S/C15H21F3N2O3S/c1-3-5-10-24(22,23)20(4-2)11-14(21)19-13-9-7-6-8-12(13)15(16,17)18/h6-9H,3-5,10-11H2,1-2H3,(H,19,21). The summed E-state index contributed by atoms with van der Waals surface area (Å²) in [5.41, 5.74) is -1.37. The summed E-state index contributed by atoms with van der Waals surface area (Å²) in [6.07, 6.45) is -3.47. The lowest BCUT2D eigenvalue weighted by Crippen LogP contribution is -2.39. The average Bonchev–Trinajstić information content (AvgIpc) is 2.50. The van der Waals surface area contributed by atoms with E-state index in [2.05, 4.69) is 5.32 Å². The zero-order chi connectivity index (χ0) is 18.4. The Labute approximate surface area is 139 Å². The van der Waals surface area contributed by atoms with Crippen LogP contribution in [0.2, 0.25) is 0 Å². The zero-order valence-corrected chi connectivity index (χ0v) is 14.4. The van der Waals surface area contributed by atoms with Crippen molar-refractivity contribution in [2.45, 2.75) is 32.9 Å². The lowest BCUT2D eigenvalue weighted by Gasteiger charge is -2.20. The number of hydrogen-bond donors (Lipinski definition) is 1. The monoisotopic (exact) mass is 366 g/mol. The molecule has 1 amide bonds. The first kappa shape index (κ1) is 20.4. The fraction of sp³-hybridized carbons (Fsp3) is 0.533. The molecule has 1 N–H and O–H groups in total. The zero-order valence-electron chi connectivity index (χ0n) is 13.6. The molecule has 5 nitrogen and oxygen atoms in total. The first-order chi connectivity index (χ1) is 11.1. The van der Waals surface area contributed by atoms with Gasteiger partial charge in [0.2, 0.25) is 15.9 Å². The van der Waals surface area contributed by atoms with Gasteiger partial charge in [-0.1, -0.05) is 32.4 Å². The van der Waals surface area contributed by atoms with Crippen molar-refractivity contribution in [1.82, 2.24) is 4.31 Å². The molecule has 0 bridgehead atoms. The maximum Gasteiger partial charge on any atom is 0.418 e. The summed E-state index contributed by atoms with van der Waals surface area (Å²) < 4.78 is 63.9. The van der Waals surface area contributed by atoms with Crippen molar-refractivity contribution >= 4 is 21.6 Å². The van der Waals surface area contributed by atoms with Gasteiger partial charge in [0.1, 0.15) is 0 Å². The smallest absolute Gasteiger partial charge is 0.324 e. The molecule has 9 heteroatoms. The molecule has 0 aromatic heterocycles. The molecule has 1 aromatic rings. The topological polar surface area (TPSA) is 66.5 Å². The number of amides is 1. The van der Waals surface area contributed by atoms with Gasteiger partial charge in [-0.15, -0.1) is 0 Å². The third-order valence-corrected chi connectivity index (χ3v) is 5.31. The van der Waals surface area contributed by atoms with Crippen LogP contribution in [0.25, 0.3) is 0 Å². The van der Waals surface area contributed by atoms with E-state index in [-0.39, 0.29) is 12.3 Å². The third-order valence-electron chi connectivity index (χ3n) is 3.33. The maximum atomic E-state index is 12.9. The SMILES string of the molecule is CCCCS(=O)(=O)N(CC)CC(=O)Nc1ccccc1C(F)(F)F. The summed E-state index contributed by atoms with van der Waals surface area (Å²) in [5.74, 6) is -0.905. The second kappa shape index (κ2) is 8.48. The first-order valence-corrected chi connectivity index (χ1v) is 9.16. The van der Waals surface area contributed by atoms with Crippen molar-refractivity contribution in [2.75, 3.05) is 24.2 Å². The summed E-state index contributed by atoms with van der Waals surface area (Å²) in [6.45, 7) is 2.96. The molecular formula is C15H21F3N2O3S.